The maximum absolute atomic E-state index is 5.45. The predicted molar refractivity (Wildman–Crippen MR) is 70.7 cm³/mol. The second-order valence-electron chi connectivity index (χ2n) is 3.40. The Morgan fingerprint density at radius 3 is 2.89 bits per heavy atom. The number of rotatable bonds is 9. The summed E-state index contributed by atoms with van der Waals surface area (Å²) >= 11 is 4.81. The van der Waals surface area contributed by atoms with Crippen molar-refractivity contribution in [3.8, 4) is 6.01 Å². The number of nitrogens with two attached hydrogens (primary N) is 1. The van der Waals surface area contributed by atoms with Crippen LogP contribution in [0.1, 0.15) is 12.1 Å². The van der Waals surface area contributed by atoms with Gasteiger partial charge in [-0.25, -0.2) is 4.98 Å². The van der Waals surface area contributed by atoms with Crippen molar-refractivity contribution in [2.75, 3.05) is 33.5 Å². The van der Waals surface area contributed by atoms with Crippen LogP contribution in [0.25, 0.3) is 0 Å². The molecule has 0 aliphatic rings. The molecule has 1 aromatic rings. The van der Waals surface area contributed by atoms with Crippen LogP contribution in [-0.2, 0) is 9.47 Å². The molecule has 7 heteroatoms. The van der Waals surface area contributed by atoms with Crippen LogP contribution in [0.4, 0.5) is 0 Å². The third kappa shape index (κ3) is 5.85. The summed E-state index contributed by atoms with van der Waals surface area (Å²) in [5.74, 6) is 0. The quantitative estimate of drug-likeness (QED) is 0.518. The van der Waals surface area contributed by atoms with Crippen LogP contribution in [-0.4, -0.2) is 48.5 Å². The molecule has 2 N–H and O–H groups in total. The van der Waals surface area contributed by atoms with Gasteiger partial charge in [0.25, 0.3) is 0 Å². The van der Waals surface area contributed by atoms with E-state index in [1.807, 2.05) is 0 Å². The molecule has 6 nitrogen and oxygen atoms in total. The summed E-state index contributed by atoms with van der Waals surface area (Å²) in [6.45, 7) is 2.20. The molecule has 0 atom stereocenters. The Morgan fingerprint density at radius 2 is 2.17 bits per heavy atom. The minimum absolute atomic E-state index is 0.220. The van der Waals surface area contributed by atoms with Gasteiger partial charge < -0.3 is 19.9 Å². The highest BCUT2D eigenvalue weighted by Crippen LogP contribution is 2.02. The summed E-state index contributed by atoms with van der Waals surface area (Å²) in [5.41, 5.74) is 5.95. The zero-order valence-electron chi connectivity index (χ0n) is 10.3. The fourth-order valence-electron chi connectivity index (χ4n) is 1.15. The number of hydrogen-bond acceptors (Lipinski definition) is 6. The maximum atomic E-state index is 5.45. The number of aromatic nitrogens is 2. The molecule has 0 bridgehead atoms. The van der Waals surface area contributed by atoms with Crippen LogP contribution in [0.15, 0.2) is 12.3 Å². The SMILES string of the molecule is COCCCOCCOc1nccc(C(N)=S)n1. The van der Waals surface area contributed by atoms with E-state index in [0.29, 0.717) is 32.1 Å². The molecule has 1 aromatic heterocycles. The first kappa shape index (κ1) is 14.7. The highest BCUT2D eigenvalue weighted by molar-refractivity contribution is 7.80. The largest absolute Gasteiger partial charge is 0.461 e. The Balaban J connectivity index is 2.19. The molecule has 1 heterocycles. The Labute approximate surface area is 111 Å². The Kier molecular flexibility index (Phi) is 7.16. The Hall–Kier alpha value is -1.31. The van der Waals surface area contributed by atoms with Crippen molar-refractivity contribution in [2.24, 2.45) is 5.73 Å². The molecule has 1 rings (SSSR count). The van der Waals surface area contributed by atoms with Gasteiger partial charge in [-0.3, -0.25) is 0 Å². The van der Waals surface area contributed by atoms with E-state index >= 15 is 0 Å². The van der Waals surface area contributed by atoms with Gasteiger partial charge >= 0.3 is 6.01 Å². The highest BCUT2D eigenvalue weighted by atomic mass is 32.1. The molecule has 18 heavy (non-hydrogen) atoms. The Bertz CT molecular complexity index is 376. The van der Waals surface area contributed by atoms with Gasteiger partial charge in [-0.2, -0.15) is 4.98 Å². The van der Waals surface area contributed by atoms with Gasteiger partial charge in [0.15, 0.2) is 0 Å². The summed E-state index contributed by atoms with van der Waals surface area (Å²) in [4.78, 5) is 8.21. The van der Waals surface area contributed by atoms with Crippen molar-refractivity contribution in [1.82, 2.24) is 9.97 Å². The van der Waals surface area contributed by atoms with E-state index in [1.165, 1.54) is 0 Å². The topological polar surface area (TPSA) is 79.5 Å². The van der Waals surface area contributed by atoms with E-state index in [9.17, 15) is 0 Å². The number of hydrogen-bond donors (Lipinski definition) is 1. The first-order chi connectivity index (χ1) is 8.74. The van der Waals surface area contributed by atoms with Crippen molar-refractivity contribution in [3.05, 3.63) is 18.0 Å². The van der Waals surface area contributed by atoms with Crippen molar-refractivity contribution < 1.29 is 14.2 Å². The molecule has 0 aliphatic carbocycles. The fraction of sp³-hybridized carbons (Fsp3) is 0.545. The molecule has 0 fully saturated rings. The monoisotopic (exact) mass is 271 g/mol. The lowest BCUT2D eigenvalue weighted by Crippen LogP contribution is -2.14. The van der Waals surface area contributed by atoms with Crippen LogP contribution in [0.2, 0.25) is 0 Å². The maximum Gasteiger partial charge on any atom is 0.317 e. The molecule has 0 unspecified atom stereocenters. The Morgan fingerprint density at radius 1 is 1.33 bits per heavy atom. The smallest absolute Gasteiger partial charge is 0.317 e. The van der Waals surface area contributed by atoms with Gasteiger partial charge in [0.1, 0.15) is 17.3 Å². The van der Waals surface area contributed by atoms with E-state index in [-0.39, 0.29) is 11.0 Å². The molecule has 0 radical (unpaired) electrons. The third-order valence-electron chi connectivity index (χ3n) is 1.98. The van der Waals surface area contributed by atoms with Gasteiger partial charge in [-0.05, 0) is 12.5 Å². The molecule has 0 amide bonds. The zero-order valence-corrected chi connectivity index (χ0v) is 11.1. The van der Waals surface area contributed by atoms with E-state index in [2.05, 4.69) is 9.97 Å². The van der Waals surface area contributed by atoms with E-state index in [0.717, 1.165) is 6.42 Å². The van der Waals surface area contributed by atoms with Crippen molar-refractivity contribution in [2.45, 2.75) is 6.42 Å². The van der Waals surface area contributed by atoms with E-state index in [4.69, 9.17) is 32.2 Å². The number of methoxy groups -OCH3 is 1. The molecule has 0 saturated carbocycles. The van der Waals surface area contributed by atoms with Crippen LogP contribution in [0.5, 0.6) is 6.01 Å². The number of nitrogens with zero attached hydrogens (tertiary/aromatic N) is 2. The third-order valence-corrected chi connectivity index (χ3v) is 2.19. The molecule has 0 spiro atoms. The fourth-order valence-corrected chi connectivity index (χ4v) is 1.26. The standard InChI is InChI=1S/C11H17N3O3S/c1-15-5-2-6-16-7-8-17-11-13-4-3-9(14-11)10(12)18/h3-4H,2,5-8H2,1H3,(H2,12,18). The zero-order chi connectivity index (χ0) is 13.2. The molecular weight excluding hydrogens is 254 g/mol. The number of ether oxygens (including phenoxy) is 3. The summed E-state index contributed by atoms with van der Waals surface area (Å²) in [5, 5.41) is 0. The van der Waals surface area contributed by atoms with E-state index < -0.39 is 0 Å². The van der Waals surface area contributed by atoms with Crippen molar-refractivity contribution >= 4 is 17.2 Å². The highest BCUT2D eigenvalue weighted by Gasteiger charge is 2.02. The lowest BCUT2D eigenvalue weighted by Gasteiger charge is -2.06. The van der Waals surface area contributed by atoms with Crippen LogP contribution in [0, 0.1) is 0 Å². The summed E-state index contributed by atoms with van der Waals surface area (Å²) in [6, 6.07) is 1.89. The van der Waals surface area contributed by atoms with Gasteiger partial charge in [0.05, 0.1) is 6.61 Å². The van der Waals surface area contributed by atoms with Crippen molar-refractivity contribution in [3.63, 3.8) is 0 Å². The van der Waals surface area contributed by atoms with Gasteiger partial charge in [-0.15, -0.1) is 0 Å². The molecule has 0 saturated heterocycles. The van der Waals surface area contributed by atoms with Crippen LogP contribution in [0.3, 0.4) is 0 Å². The minimum atomic E-state index is 0.220. The summed E-state index contributed by atoms with van der Waals surface area (Å²) < 4.78 is 15.5. The average molecular weight is 271 g/mol. The molecule has 0 aliphatic heterocycles. The van der Waals surface area contributed by atoms with Crippen molar-refractivity contribution in [1.29, 1.82) is 0 Å². The van der Waals surface area contributed by atoms with Gasteiger partial charge in [-0.1, -0.05) is 12.2 Å². The lowest BCUT2D eigenvalue weighted by atomic mass is 10.4. The van der Waals surface area contributed by atoms with Gasteiger partial charge in [0.2, 0.25) is 0 Å². The first-order valence-electron chi connectivity index (χ1n) is 5.56. The average Bonchev–Trinajstić information content (AvgIpc) is 2.38. The minimum Gasteiger partial charge on any atom is -0.461 e. The predicted octanol–water partition coefficient (Wildman–Crippen LogP) is 0.543. The number of thiocarbonyl (C=S) groups is 1. The molecule has 0 aromatic carbocycles. The lowest BCUT2D eigenvalue weighted by molar-refractivity contribution is 0.0783. The normalized spacial score (nSPS) is 10.3. The first-order valence-corrected chi connectivity index (χ1v) is 5.97. The second-order valence-corrected chi connectivity index (χ2v) is 3.84. The van der Waals surface area contributed by atoms with Gasteiger partial charge in [0, 0.05) is 26.5 Å². The molecule has 100 valence electrons. The van der Waals surface area contributed by atoms with E-state index in [1.54, 1.807) is 19.4 Å². The summed E-state index contributed by atoms with van der Waals surface area (Å²) in [7, 11) is 1.66. The van der Waals surface area contributed by atoms with Crippen LogP contribution >= 0.6 is 12.2 Å². The van der Waals surface area contributed by atoms with Crippen LogP contribution < -0.4 is 10.5 Å². The summed E-state index contributed by atoms with van der Waals surface area (Å²) in [6.07, 6.45) is 2.42. The molecular formula is C11H17N3O3S. The second kappa shape index (κ2) is 8.73.